The second-order valence-corrected chi connectivity index (χ2v) is 15.0. The summed E-state index contributed by atoms with van der Waals surface area (Å²) >= 11 is 0. The minimum Gasteiger partial charge on any atom is -0.322 e. The molecular weight excluding hydrogens is 573 g/mol. The lowest BCUT2D eigenvalue weighted by molar-refractivity contribution is 0.293. The van der Waals surface area contributed by atoms with Gasteiger partial charge in [0.1, 0.15) is 5.78 Å². The van der Waals surface area contributed by atoms with Crippen molar-refractivity contribution in [2.24, 2.45) is 0 Å². The summed E-state index contributed by atoms with van der Waals surface area (Å²) in [6.07, 6.45) is 0.0403. The second kappa shape index (κ2) is 12.3. The summed E-state index contributed by atoms with van der Waals surface area (Å²) in [4.78, 5) is 0.101. The first-order valence-corrected chi connectivity index (χ1v) is 17.5. The van der Waals surface area contributed by atoms with Gasteiger partial charge in [0.05, 0.1) is 17.7 Å². The third-order valence-corrected chi connectivity index (χ3v) is 11.8. The third-order valence-electron chi connectivity index (χ3n) is 7.59. The number of hydrogen-bond donors (Lipinski definition) is 1. The molecule has 7 heteroatoms. The van der Waals surface area contributed by atoms with Gasteiger partial charge in [-0.2, -0.15) is 4.72 Å². The van der Waals surface area contributed by atoms with Gasteiger partial charge in [0.25, 0.3) is 0 Å². The average Bonchev–Trinajstić information content (AvgIpc) is 3.03. The van der Waals surface area contributed by atoms with Crippen molar-refractivity contribution >= 4 is 38.9 Å². The van der Waals surface area contributed by atoms with Gasteiger partial charge in [-0.25, -0.2) is 8.42 Å². The summed E-state index contributed by atoms with van der Waals surface area (Å²) in [5.41, 5.74) is 3.17. The van der Waals surface area contributed by atoms with E-state index in [-0.39, 0.29) is 17.7 Å². The van der Waals surface area contributed by atoms with Crippen LogP contribution in [0.5, 0.6) is 0 Å². The fraction of sp³-hybridized carbons (Fsp3) is 0.111. The van der Waals surface area contributed by atoms with Gasteiger partial charge < -0.3 is 4.52 Å². The molecule has 0 saturated carbocycles. The normalized spacial score (nSPS) is 14.0. The predicted molar refractivity (Wildman–Crippen MR) is 175 cm³/mol. The number of aryl methyl sites for hydroxylation is 1. The van der Waals surface area contributed by atoms with Crippen LogP contribution in [0.4, 0.5) is 0 Å². The van der Waals surface area contributed by atoms with Gasteiger partial charge in [0.2, 0.25) is 17.4 Å². The van der Waals surface area contributed by atoms with E-state index in [0.29, 0.717) is 5.56 Å². The minimum absolute atomic E-state index is 0.0403. The highest BCUT2D eigenvalue weighted by atomic mass is 32.2. The first kappa shape index (κ1) is 29.0. The van der Waals surface area contributed by atoms with Crippen LogP contribution in [0.1, 0.15) is 28.0 Å². The highest BCUT2D eigenvalue weighted by molar-refractivity contribution is 7.89. The number of sulfonamides is 1. The summed E-state index contributed by atoms with van der Waals surface area (Å²) < 4.78 is 52.3. The van der Waals surface area contributed by atoms with Gasteiger partial charge in [0.15, 0.2) is 0 Å². The van der Waals surface area contributed by atoms with E-state index in [9.17, 15) is 8.42 Å². The summed E-state index contributed by atoms with van der Waals surface area (Å²) in [5, 5.41) is 4.00. The molecule has 0 amide bonds. The van der Waals surface area contributed by atoms with Crippen LogP contribution < -0.4 is 4.72 Å². The molecule has 216 valence electrons. The molecule has 5 nitrogen and oxygen atoms in total. The molecule has 0 fully saturated rings. The van der Waals surface area contributed by atoms with Crippen LogP contribution in [0.25, 0.3) is 21.5 Å². The van der Waals surface area contributed by atoms with E-state index in [2.05, 4.69) is 4.72 Å². The van der Waals surface area contributed by atoms with Crippen molar-refractivity contribution in [2.75, 3.05) is 0 Å². The van der Waals surface area contributed by atoms with Gasteiger partial charge in [-0.3, -0.25) is 4.57 Å². The van der Waals surface area contributed by atoms with Gasteiger partial charge in [-0.1, -0.05) is 127 Å². The Labute approximate surface area is 252 Å². The first-order valence-electron chi connectivity index (χ1n) is 14.1. The van der Waals surface area contributed by atoms with Crippen molar-refractivity contribution in [1.82, 2.24) is 4.72 Å². The lowest BCUT2D eigenvalue weighted by Gasteiger charge is -2.29. The Balaban J connectivity index is 1.48. The predicted octanol–water partition coefficient (Wildman–Crippen LogP) is 8.97. The molecule has 0 aliphatic rings. The van der Waals surface area contributed by atoms with Gasteiger partial charge >= 0.3 is 0 Å². The Morgan fingerprint density at radius 2 is 1.23 bits per heavy atom. The zero-order valence-corrected chi connectivity index (χ0v) is 25.5. The molecule has 2 atom stereocenters. The lowest BCUT2D eigenvalue weighted by atomic mass is 10.1. The Morgan fingerprint density at radius 1 is 0.651 bits per heavy atom. The van der Waals surface area contributed by atoms with E-state index >= 15 is 4.57 Å². The number of benzene rings is 6. The van der Waals surface area contributed by atoms with E-state index < -0.39 is 23.2 Å². The van der Waals surface area contributed by atoms with Crippen molar-refractivity contribution in [3.63, 3.8) is 0 Å². The largest absolute Gasteiger partial charge is 0.322 e. The molecule has 0 aromatic heterocycles. The quantitative estimate of drug-likeness (QED) is 0.158. The van der Waals surface area contributed by atoms with Crippen molar-refractivity contribution in [3.8, 4) is 0 Å². The number of nitrogens with one attached hydrogen (secondary N) is 1. The van der Waals surface area contributed by atoms with Crippen LogP contribution in [0.3, 0.4) is 0 Å². The van der Waals surface area contributed by atoms with E-state index in [1.54, 1.807) is 24.3 Å². The molecule has 6 rings (SSSR count). The van der Waals surface area contributed by atoms with Crippen molar-refractivity contribution in [1.29, 1.82) is 0 Å². The van der Waals surface area contributed by atoms with Crippen LogP contribution in [0.15, 0.2) is 144 Å². The maximum absolute atomic E-state index is 15.3. The van der Waals surface area contributed by atoms with Gasteiger partial charge in [0, 0.05) is 0 Å². The molecule has 0 bridgehead atoms. The highest BCUT2D eigenvalue weighted by Crippen LogP contribution is 2.62. The third kappa shape index (κ3) is 6.64. The molecule has 0 saturated heterocycles. The summed E-state index contributed by atoms with van der Waals surface area (Å²) in [6.45, 7) is 1.97. The topological polar surface area (TPSA) is 72.5 Å². The lowest BCUT2D eigenvalue weighted by Crippen LogP contribution is -2.30. The van der Waals surface area contributed by atoms with Crippen LogP contribution in [0.2, 0.25) is 0 Å². The van der Waals surface area contributed by atoms with Crippen LogP contribution in [-0.2, 0) is 31.9 Å². The van der Waals surface area contributed by atoms with Crippen LogP contribution in [0, 0.1) is 6.92 Å². The molecule has 0 aliphatic heterocycles. The minimum atomic E-state index is -4.07. The van der Waals surface area contributed by atoms with Gasteiger partial charge in [-0.05, 0) is 63.4 Å². The molecule has 0 unspecified atom stereocenters. The summed E-state index contributed by atoms with van der Waals surface area (Å²) in [7, 11) is -7.88. The maximum Gasteiger partial charge on any atom is 0.241 e. The average molecular weight is 606 g/mol. The fourth-order valence-electron chi connectivity index (χ4n) is 5.25. The second-order valence-electron chi connectivity index (χ2n) is 10.8. The number of rotatable bonds is 10. The van der Waals surface area contributed by atoms with Crippen molar-refractivity contribution < 1.29 is 17.5 Å². The Hall–Kier alpha value is -4.06. The van der Waals surface area contributed by atoms with E-state index in [0.717, 1.165) is 38.2 Å². The SMILES string of the molecule is Cc1ccc(S(=O)(=O)N[C@@H](c2ccc3ccccc3c2)[P@](=O)(Cc2ccc3ccccc3c2)OCc2ccccc2)cc1. The molecular formula is C36H32NO4PS. The molecule has 0 spiro atoms. The molecule has 43 heavy (non-hydrogen) atoms. The molecule has 0 radical (unpaired) electrons. The number of fused-ring (bicyclic) bond motifs is 2. The molecule has 6 aromatic rings. The Kier molecular flexibility index (Phi) is 8.29. The van der Waals surface area contributed by atoms with E-state index in [4.69, 9.17) is 4.52 Å². The monoisotopic (exact) mass is 605 g/mol. The van der Waals surface area contributed by atoms with E-state index in [1.165, 1.54) is 0 Å². The first-order chi connectivity index (χ1) is 20.8. The summed E-state index contributed by atoms with van der Waals surface area (Å²) in [5.74, 6) is -1.14. The van der Waals surface area contributed by atoms with Crippen LogP contribution in [-0.4, -0.2) is 8.42 Å². The molecule has 0 aliphatic carbocycles. The van der Waals surface area contributed by atoms with Crippen molar-refractivity contribution in [2.45, 2.75) is 30.4 Å². The van der Waals surface area contributed by atoms with Crippen LogP contribution >= 0.6 is 7.37 Å². The fourth-order valence-corrected chi connectivity index (χ4v) is 9.48. The zero-order chi connectivity index (χ0) is 29.9. The standard InChI is InChI=1S/C36H32NO4PS/c1-27-15-21-35(22-16-27)43(39,40)37-36(34-20-19-31-12-6-8-14-33(31)24-34)42(38,41-25-28-9-3-2-4-10-28)26-29-17-18-30-11-5-7-13-32(30)23-29/h2-24,36-37H,25-26H2,1H3/t36-,42+/m1/s1. The van der Waals surface area contributed by atoms with Gasteiger partial charge in [-0.15, -0.1) is 0 Å². The summed E-state index contributed by atoms with van der Waals surface area (Å²) in [6, 6.07) is 43.5. The van der Waals surface area contributed by atoms with Crippen molar-refractivity contribution in [3.05, 3.63) is 162 Å². The molecule has 0 heterocycles. The Morgan fingerprint density at radius 3 is 1.91 bits per heavy atom. The molecule has 6 aromatic carbocycles. The maximum atomic E-state index is 15.3. The smallest absolute Gasteiger partial charge is 0.241 e. The van der Waals surface area contributed by atoms with E-state index in [1.807, 2.05) is 122 Å². The molecule has 1 N–H and O–H groups in total. The highest BCUT2D eigenvalue weighted by Gasteiger charge is 2.39. The number of hydrogen-bond acceptors (Lipinski definition) is 4. The Bertz CT molecular complexity index is 2040. The zero-order valence-electron chi connectivity index (χ0n) is 23.8.